The van der Waals surface area contributed by atoms with Crippen LogP contribution in [0.1, 0.15) is 17.8 Å². The van der Waals surface area contributed by atoms with Crippen molar-refractivity contribution in [2.45, 2.75) is 13.0 Å². The molecule has 3 aromatic heterocycles. The van der Waals surface area contributed by atoms with E-state index in [9.17, 15) is 10.5 Å². The highest BCUT2D eigenvalue weighted by Gasteiger charge is 2.24. The number of nitrogens with zero attached hydrogens (tertiary/aromatic N) is 6. The summed E-state index contributed by atoms with van der Waals surface area (Å²) in [4.78, 5) is 18.1. The highest BCUT2D eigenvalue weighted by atomic mass is 15.1. The van der Waals surface area contributed by atoms with Crippen LogP contribution in [-0.4, -0.2) is 45.1 Å². The Bertz CT molecular complexity index is 1260. The van der Waals surface area contributed by atoms with Crippen molar-refractivity contribution in [1.82, 2.24) is 24.5 Å². The predicted molar refractivity (Wildman–Crippen MR) is 109 cm³/mol. The fraction of sp³-hybridized carbons (Fsp3) is 0.250. The molecule has 4 aromatic rings. The third-order valence-electron chi connectivity index (χ3n) is 4.81. The number of benzene rings is 1. The molecule has 4 N–H and O–H groups in total. The van der Waals surface area contributed by atoms with Crippen molar-refractivity contribution in [2.24, 2.45) is 0 Å². The summed E-state index contributed by atoms with van der Waals surface area (Å²) in [5, 5.41) is 18.8. The zero-order chi connectivity index (χ0) is 20.5. The summed E-state index contributed by atoms with van der Waals surface area (Å²) in [6.45, 7) is 1.58. The lowest BCUT2D eigenvalue weighted by atomic mass is 10.2. The number of imidazole rings is 1. The summed E-state index contributed by atoms with van der Waals surface area (Å²) in [6, 6.07) is 11.6. The van der Waals surface area contributed by atoms with E-state index in [4.69, 9.17) is 5.73 Å². The molecule has 0 aliphatic rings. The molecule has 0 spiro atoms. The van der Waals surface area contributed by atoms with Crippen LogP contribution in [0.5, 0.6) is 0 Å². The molecule has 29 heavy (non-hydrogen) atoms. The molecule has 9 heteroatoms. The number of nitrogen functional groups attached to an aromatic ring is 1. The van der Waals surface area contributed by atoms with E-state index in [0.717, 1.165) is 24.0 Å². The fourth-order valence-corrected chi connectivity index (χ4v) is 3.43. The predicted octanol–water partition coefficient (Wildman–Crippen LogP) is 0.835. The Balaban J connectivity index is 1.96. The number of fused-ring (bicyclic) bond motifs is 2. The minimum absolute atomic E-state index is 0.00635. The van der Waals surface area contributed by atoms with Gasteiger partial charge in [0.25, 0.3) is 0 Å². The van der Waals surface area contributed by atoms with Gasteiger partial charge < -0.3 is 20.2 Å². The number of rotatable bonds is 5. The van der Waals surface area contributed by atoms with E-state index in [1.54, 1.807) is 0 Å². The summed E-state index contributed by atoms with van der Waals surface area (Å²) in [5.74, 6) is 1.03. The number of quaternary nitrogens is 1. The molecule has 144 valence electrons. The van der Waals surface area contributed by atoms with Crippen LogP contribution in [0.25, 0.3) is 33.6 Å². The van der Waals surface area contributed by atoms with Gasteiger partial charge in [-0.15, -0.1) is 0 Å². The van der Waals surface area contributed by atoms with Gasteiger partial charge in [0, 0.05) is 13.0 Å². The van der Waals surface area contributed by atoms with Crippen molar-refractivity contribution in [1.29, 1.82) is 10.5 Å². The number of para-hydroxylation sites is 2. The average molecular weight is 386 g/mol. The largest absolute Gasteiger partial charge is 0.384 e. The Morgan fingerprint density at radius 1 is 1.10 bits per heavy atom. The minimum atomic E-state index is -0.0211. The first-order valence-electron chi connectivity index (χ1n) is 9.27. The number of anilines is 1. The molecule has 0 amide bonds. The van der Waals surface area contributed by atoms with Crippen molar-refractivity contribution in [3.05, 3.63) is 35.7 Å². The normalized spacial score (nSPS) is 11.2. The van der Waals surface area contributed by atoms with Gasteiger partial charge in [0.2, 0.25) is 0 Å². The molecule has 1 aromatic carbocycles. The van der Waals surface area contributed by atoms with Crippen LogP contribution in [0, 0.1) is 22.7 Å². The van der Waals surface area contributed by atoms with E-state index in [0.29, 0.717) is 34.9 Å². The number of H-pyrrole nitrogens is 1. The van der Waals surface area contributed by atoms with Gasteiger partial charge in [-0.1, -0.05) is 12.1 Å². The zero-order valence-corrected chi connectivity index (χ0v) is 16.2. The number of nitrogens with one attached hydrogen (secondary N) is 2. The lowest BCUT2D eigenvalue weighted by Crippen LogP contribution is -3.05. The molecule has 0 radical (unpaired) electrons. The van der Waals surface area contributed by atoms with Gasteiger partial charge >= 0.3 is 0 Å². The maximum absolute atomic E-state index is 9.40. The number of aryl methyl sites for hydroxylation is 1. The smallest absolute Gasteiger partial charge is 0.179 e. The van der Waals surface area contributed by atoms with Gasteiger partial charge in [-0.3, -0.25) is 0 Å². The van der Waals surface area contributed by atoms with Gasteiger partial charge in [-0.2, -0.15) is 10.5 Å². The van der Waals surface area contributed by atoms with Gasteiger partial charge in [0.1, 0.15) is 29.3 Å². The average Bonchev–Trinajstić information content (AvgIpc) is 3.25. The monoisotopic (exact) mass is 386 g/mol. The van der Waals surface area contributed by atoms with Crippen LogP contribution in [0.2, 0.25) is 0 Å². The van der Waals surface area contributed by atoms with Crippen molar-refractivity contribution < 1.29 is 4.90 Å². The Morgan fingerprint density at radius 3 is 2.52 bits per heavy atom. The number of hydrogen-bond donors (Lipinski definition) is 3. The van der Waals surface area contributed by atoms with Crippen LogP contribution in [0.15, 0.2) is 24.3 Å². The van der Waals surface area contributed by atoms with E-state index in [1.165, 1.54) is 4.90 Å². The van der Waals surface area contributed by atoms with Crippen LogP contribution in [-0.2, 0) is 6.54 Å². The Kier molecular flexibility index (Phi) is 4.59. The number of nitriles is 2. The molecule has 0 aliphatic heterocycles. The first kappa shape index (κ1) is 18.4. The van der Waals surface area contributed by atoms with Crippen LogP contribution in [0.4, 0.5) is 5.82 Å². The summed E-state index contributed by atoms with van der Waals surface area (Å²) in [7, 11) is 4.17. The second-order valence-corrected chi connectivity index (χ2v) is 7.14. The highest BCUT2D eigenvalue weighted by molar-refractivity contribution is 5.98. The lowest BCUT2D eigenvalue weighted by Gasteiger charge is -2.10. The molecule has 0 fully saturated rings. The first-order chi connectivity index (χ1) is 14.0. The Morgan fingerprint density at radius 2 is 1.83 bits per heavy atom. The standard InChI is InChI=1S/C20H19N9/c1-28(2)8-5-9-29-18(23)16(19-25-12-6-3-4-7-13(12)26-19)17-20(29)27-15(11-22)14(10-21)24-17/h3-4,6-7H,5,8-9,23H2,1-2H3,(H,25,26)/p+1. The topological polar surface area (TPSA) is 137 Å². The van der Waals surface area contributed by atoms with E-state index in [1.807, 2.05) is 41.0 Å². The molecule has 0 saturated heterocycles. The van der Waals surface area contributed by atoms with Crippen molar-refractivity contribution in [3.8, 4) is 23.5 Å². The summed E-state index contributed by atoms with van der Waals surface area (Å²) in [6.07, 6.45) is 0.874. The van der Waals surface area contributed by atoms with E-state index >= 15 is 0 Å². The summed E-state index contributed by atoms with van der Waals surface area (Å²) in [5.41, 5.74) is 9.73. The minimum Gasteiger partial charge on any atom is -0.384 e. The highest BCUT2D eigenvalue weighted by Crippen LogP contribution is 2.35. The molecule has 0 aliphatic carbocycles. The third kappa shape index (κ3) is 3.14. The van der Waals surface area contributed by atoms with E-state index < -0.39 is 0 Å². The number of aromatic nitrogens is 5. The number of aromatic amines is 1. The van der Waals surface area contributed by atoms with Gasteiger partial charge in [0.15, 0.2) is 17.0 Å². The second kappa shape index (κ2) is 7.23. The molecule has 0 unspecified atom stereocenters. The van der Waals surface area contributed by atoms with Crippen LogP contribution in [0.3, 0.4) is 0 Å². The molecular weight excluding hydrogens is 366 g/mol. The maximum atomic E-state index is 9.40. The quantitative estimate of drug-likeness (QED) is 0.465. The van der Waals surface area contributed by atoms with Crippen molar-refractivity contribution in [3.63, 3.8) is 0 Å². The molecule has 3 heterocycles. The molecule has 4 rings (SSSR count). The third-order valence-corrected chi connectivity index (χ3v) is 4.81. The fourth-order valence-electron chi connectivity index (χ4n) is 3.43. The zero-order valence-electron chi connectivity index (χ0n) is 16.2. The van der Waals surface area contributed by atoms with Crippen LogP contribution >= 0.6 is 0 Å². The second-order valence-electron chi connectivity index (χ2n) is 7.14. The molecule has 0 bridgehead atoms. The Labute approximate surface area is 167 Å². The summed E-state index contributed by atoms with van der Waals surface area (Å²) < 4.78 is 1.86. The van der Waals surface area contributed by atoms with Gasteiger partial charge in [-0.25, -0.2) is 15.0 Å². The van der Waals surface area contributed by atoms with Gasteiger partial charge in [0.05, 0.1) is 37.2 Å². The maximum Gasteiger partial charge on any atom is 0.179 e. The number of nitrogens with two attached hydrogens (primary N) is 1. The SMILES string of the molecule is C[NH+](C)CCCn1c(N)c(-c2nc3ccccc3[nH]2)c2nc(C#N)c(C#N)nc21. The first-order valence-corrected chi connectivity index (χ1v) is 9.27. The van der Waals surface area contributed by atoms with Crippen molar-refractivity contribution >= 4 is 28.0 Å². The van der Waals surface area contributed by atoms with Crippen molar-refractivity contribution in [2.75, 3.05) is 26.4 Å². The molecular formula is C20H20N9+. The lowest BCUT2D eigenvalue weighted by molar-refractivity contribution is -0.858. The molecule has 0 atom stereocenters. The molecule has 0 saturated carbocycles. The van der Waals surface area contributed by atoms with Crippen LogP contribution < -0.4 is 10.6 Å². The van der Waals surface area contributed by atoms with Gasteiger partial charge in [-0.05, 0) is 12.1 Å². The van der Waals surface area contributed by atoms with E-state index in [2.05, 4.69) is 34.0 Å². The molecule has 9 nitrogen and oxygen atoms in total. The summed E-state index contributed by atoms with van der Waals surface area (Å²) >= 11 is 0. The Hall–Kier alpha value is -3.95. The number of hydrogen-bond acceptors (Lipinski definition) is 6. The van der Waals surface area contributed by atoms with E-state index in [-0.39, 0.29) is 11.4 Å².